The van der Waals surface area contributed by atoms with Crippen molar-refractivity contribution in [3.8, 4) is 0 Å². The minimum Gasteiger partial charge on any atom is -0.469 e. The molecule has 0 atom stereocenters. The predicted molar refractivity (Wildman–Crippen MR) is 68.3 cm³/mol. The second kappa shape index (κ2) is 6.83. The summed E-state index contributed by atoms with van der Waals surface area (Å²) in [6.45, 7) is 5.73. The molecule has 1 aromatic rings. The van der Waals surface area contributed by atoms with Gasteiger partial charge in [0.1, 0.15) is 5.76 Å². The van der Waals surface area contributed by atoms with E-state index in [2.05, 4.69) is 10.6 Å². The van der Waals surface area contributed by atoms with Crippen LogP contribution in [0.3, 0.4) is 0 Å². The lowest BCUT2D eigenvalue weighted by Crippen LogP contribution is -2.41. The summed E-state index contributed by atoms with van der Waals surface area (Å²) in [7, 11) is 0. The minimum atomic E-state index is -0.291. The molecular weight excluding hydrogens is 232 g/mol. The molecule has 0 saturated heterocycles. The molecule has 2 N–H and O–H groups in total. The number of carbonyl (C=O) groups excluding carboxylic acids is 2. The van der Waals surface area contributed by atoms with Gasteiger partial charge in [-0.15, -0.1) is 0 Å². The molecule has 100 valence electrons. The van der Waals surface area contributed by atoms with Crippen LogP contribution in [0.15, 0.2) is 16.7 Å². The maximum atomic E-state index is 11.7. The highest BCUT2D eigenvalue weighted by atomic mass is 16.3. The normalized spacial score (nSPS) is 10.4. The number of carbonyl (C=O) groups is 2. The molecule has 0 aliphatic heterocycles. The summed E-state index contributed by atoms with van der Waals surface area (Å²) < 4.78 is 5.03. The lowest BCUT2D eigenvalue weighted by atomic mass is 10.2. The van der Waals surface area contributed by atoms with E-state index in [-0.39, 0.29) is 24.4 Å². The fraction of sp³-hybridized carbons (Fsp3) is 0.538. The molecule has 5 heteroatoms. The molecule has 1 heterocycles. The van der Waals surface area contributed by atoms with E-state index in [1.54, 1.807) is 13.0 Å². The summed E-state index contributed by atoms with van der Waals surface area (Å²) in [5.74, 6) is 0.0899. The largest absolute Gasteiger partial charge is 0.469 e. The third-order valence-electron chi connectivity index (χ3n) is 2.86. The van der Waals surface area contributed by atoms with E-state index in [4.69, 9.17) is 4.42 Å². The van der Waals surface area contributed by atoms with Gasteiger partial charge in [-0.1, -0.05) is 13.8 Å². The molecule has 1 aromatic heterocycles. The quantitative estimate of drug-likeness (QED) is 0.808. The van der Waals surface area contributed by atoms with Crippen molar-refractivity contribution in [3.63, 3.8) is 0 Å². The molecule has 18 heavy (non-hydrogen) atoms. The highest BCUT2D eigenvalue weighted by molar-refractivity contribution is 5.97. The van der Waals surface area contributed by atoms with E-state index < -0.39 is 0 Å². The number of furan rings is 1. The second-order valence-electron chi connectivity index (χ2n) is 4.15. The lowest BCUT2D eigenvalue weighted by Gasteiger charge is -2.14. The molecule has 0 aliphatic rings. The van der Waals surface area contributed by atoms with Crippen molar-refractivity contribution in [3.05, 3.63) is 23.7 Å². The number of hydrogen-bond acceptors (Lipinski definition) is 3. The van der Waals surface area contributed by atoms with Crippen molar-refractivity contribution in [2.75, 3.05) is 6.54 Å². The number of nitrogens with one attached hydrogen (secondary N) is 2. The Morgan fingerprint density at radius 1 is 1.33 bits per heavy atom. The molecule has 0 radical (unpaired) electrons. The van der Waals surface area contributed by atoms with Gasteiger partial charge in [0.05, 0.1) is 18.4 Å². The molecule has 0 aromatic carbocycles. The molecule has 5 nitrogen and oxygen atoms in total. The van der Waals surface area contributed by atoms with Crippen molar-refractivity contribution in [2.45, 2.75) is 39.7 Å². The summed E-state index contributed by atoms with van der Waals surface area (Å²) in [6.07, 6.45) is 3.22. The Hall–Kier alpha value is -1.78. The van der Waals surface area contributed by atoms with Crippen LogP contribution < -0.4 is 10.6 Å². The van der Waals surface area contributed by atoms with Gasteiger partial charge in [-0.3, -0.25) is 9.59 Å². The van der Waals surface area contributed by atoms with Crippen LogP contribution in [0.2, 0.25) is 0 Å². The second-order valence-corrected chi connectivity index (χ2v) is 4.15. The van der Waals surface area contributed by atoms with Gasteiger partial charge >= 0.3 is 0 Å². The molecule has 0 unspecified atom stereocenters. The van der Waals surface area contributed by atoms with E-state index in [9.17, 15) is 9.59 Å². The number of aryl methyl sites for hydroxylation is 1. The van der Waals surface area contributed by atoms with Crippen LogP contribution in [-0.4, -0.2) is 24.4 Å². The SMILES string of the molecule is CCC(CC)NC(=O)CNC(=O)c1ccoc1C. The van der Waals surface area contributed by atoms with Gasteiger partial charge in [0.15, 0.2) is 0 Å². The molecule has 0 saturated carbocycles. The zero-order chi connectivity index (χ0) is 13.5. The Morgan fingerprint density at radius 3 is 2.50 bits per heavy atom. The van der Waals surface area contributed by atoms with Gasteiger partial charge < -0.3 is 15.1 Å². The van der Waals surface area contributed by atoms with Gasteiger partial charge in [0.2, 0.25) is 5.91 Å². The fourth-order valence-electron chi connectivity index (χ4n) is 1.65. The first-order valence-electron chi connectivity index (χ1n) is 6.20. The van der Waals surface area contributed by atoms with Gasteiger partial charge in [0.25, 0.3) is 5.91 Å². The summed E-state index contributed by atoms with van der Waals surface area (Å²) in [5, 5.41) is 5.42. The Labute approximate surface area is 107 Å². The first-order chi connectivity index (χ1) is 8.58. The van der Waals surface area contributed by atoms with Crippen LogP contribution in [0.25, 0.3) is 0 Å². The summed E-state index contributed by atoms with van der Waals surface area (Å²) >= 11 is 0. The van der Waals surface area contributed by atoms with Gasteiger partial charge in [-0.25, -0.2) is 0 Å². The predicted octanol–water partition coefficient (Wildman–Crippen LogP) is 1.62. The molecule has 1 rings (SSSR count). The maximum absolute atomic E-state index is 11.7. The highest BCUT2D eigenvalue weighted by Crippen LogP contribution is 2.07. The van der Waals surface area contributed by atoms with Crippen molar-refractivity contribution in [1.29, 1.82) is 0 Å². The Kier molecular flexibility index (Phi) is 5.42. The maximum Gasteiger partial charge on any atom is 0.255 e. The molecule has 0 fully saturated rings. The van der Waals surface area contributed by atoms with E-state index >= 15 is 0 Å². The van der Waals surface area contributed by atoms with Crippen LogP contribution in [0, 0.1) is 6.92 Å². The van der Waals surface area contributed by atoms with Gasteiger partial charge in [-0.2, -0.15) is 0 Å². The van der Waals surface area contributed by atoms with Gasteiger partial charge in [0, 0.05) is 6.04 Å². The first-order valence-corrected chi connectivity index (χ1v) is 6.20. The number of hydrogen-bond donors (Lipinski definition) is 2. The Bertz CT molecular complexity index is 408. The van der Waals surface area contributed by atoms with Crippen molar-refractivity contribution in [2.24, 2.45) is 0 Å². The fourth-order valence-corrected chi connectivity index (χ4v) is 1.65. The smallest absolute Gasteiger partial charge is 0.255 e. The van der Waals surface area contributed by atoms with Crippen molar-refractivity contribution >= 4 is 11.8 Å². The van der Waals surface area contributed by atoms with Crippen molar-refractivity contribution < 1.29 is 14.0 Å². The zero-order valence-corrected chi connectivity index (χ0v) is 11.1. The summed E-state index contributed by atoms with van der Waals surface area (Å²) in [5.41, 5.74) is 0.463. The number of rotatable bonds is 6. The average molecular weight is 252 g/mol. The van der Waals surface area contributed by atoms with E-state index in [0.717, 1.165) is 12.8 Å². The monoisotopic (exact) mass is 252 g/mol. The highest BCUT2D eigenvalue weighted by Gasteiger charge is 2.13. The third kappa shape index (κ3) is 3.91. The minimum absolute atomic E-state index is 0.0139. The van der Waals surface area contributed by atoms with E-state index in [1.165, 1.54) is 6.26 Å². The summed E-state index contributed by atoms with van der Waals surface area (Å²) in [4.78, 5) is 23.3. The molecule has 0 bridgehead atoms. The van der Waals surface area contributed by atoms with Crippen LogP contribution in [-0.2, 0) is 4.79 Å². The van der Waals surface area contributed by atoms with Gasteiger partial charge in [-0.05, 0) is 25.8 Å². The third-order valence-corrected chi connectivity index (χ3v) is 2.86. The standard InChI is InChI=1S/C13H20N2O3/c1-4-10(5-2)15-12(16)8-14-13(17)11-6-7-18-9(11)3/h6-7,10H,4-5,8H2,1-3H3,(H,14,17)(H,15,16). The molecule has 0 aliphatic carbocycles. The van der Waals surface area contributed by atoms with Crippen LogP contribution in [0.5, 0.6) is 0 Å². The molecular formula is C13H20N2O3. The van der Waals surface area contributed by atoms with Crippen LogP contribution >= 0.6 is 0 Å². The molecule has 0 spiro atoms. The number of amides is 2. The topological polar surface area (TPSA) is 71.3 Å². The molecule has 2 amide bonds. The summed E-state index contributed by atoms with van der Waals surface area (Å²) in [6, 6.07) is 1.76. The Morgan fingerprint density at radius 2 is 2.00 bits per heavy atom. The van der Waals surface area contributed by atoms with E-state index in [1.807, 2.05) is 13.8 Å². The zero-order valence-electron chi connectivity index (χ0n) is 11.1. The van der Waals surface area contributed by atoms with Crippen LogP contribution in [0.4, 0.5) is 0 Å². The first kappa shape index (κ1) is 14.3. The van der Waals surface area contributed by atoms with E-state index in [0.29, 0.717) is 11.3 Å². The Balaban J connectivity index is 2.39. The lowest BCUT2D eigenvalue weighted by molar-refractivity contribution is -0.120. The van der Waals surface area contributed by atoms with Crippen LogP contribution in [0.1, 0.15) is 42.8 Å². The average Bonchev–Trinajstić information content (AvgIpc) is 2.79. The van der Waals surface area contributed by atoms with Crippen molar-refractivity contribution in [1.82, 2.24) is 10.6 Å².